The number of benzene rings is 2. The minimum absolute atomic E-state index is 0.337. The molecule has 0 fully saturated rings. The van der Waals surface area contributed by atoms with E-state index in [-0.39, 0.29) is 5.78 Å². The zero-order valence-corrected chi connectivity index (χ0v) is 14.7. The zero-order chi connectivity index (χ0) is 18.5. The maximum absolute atomic E-state index is 12.9. The van der Waals surface area contributed by atoms with E-state index in [1.807, 2.05) is 38.1 Å². The Kier molecular flexibility index (Phi) is 5.18. The largest absolute Gasteiger partial charge is 0.490 e. The fourth-order valence-electron chi connectivity index (χ4n) is 2.72. The number of ketones is 1. The van der Waals surface area contributed by atoms with Gasteiger partial charge in [0, 0.05) is 5.56 Å². The van der Waals surface area contributed by atoms with E-state index in [4.69, 9.17) is 9.47 Å². The fraction of sp³-hybridized carbons (Fsp3) is 0.250. The van der Waals surface area contributed by atoms with Crippen LogP contribution in [0.1, 0.15) is 35.9 Å². The Bertz CT molecular complexity index is 939. The molecule has 6 heteroatoms. The maximum atomic E-state index is 12.9. The lowest BCUT2D eigenvalue weighted by Crippen LogP contribution is -2.13. The summed E-state index contributed by atoms with van der Waals surface area (Å²) < 4.78 is 11.1. The lowest BCUT2D eigenvalue weighted by Gasteiger charge is -2.13. The van der Waals surface area contributed by atoms with Crippen LogP contribution in [-0.2, 0) is 0 Å². The quantitative estimate of drug-likeness (QED) is 0.655. The van der Waals surface area contributed by atoms with Gasteiger partial charge in [-0.25, -0.2) is 4.98 Å². The number of aromatic nitrogens is 2. The highest BCUT2D eigenvalue weighted by atomic mass is 16.5. The molecule has 1 heterocycles. The number of ether oxygens (including phenoxy) is 2. The first kappa shape index (κ1) is 17.5. The normalized spacial score (nSPS) is 11.7. The predicted octanol–water partition coefficient (Wildman–Crippen LogP) is 3.85. The summed E-state index contributed by atoms with van der Waals surface area (Å²) in [5.74, 6) is 0.0422. The van der Waals surface area contributed by atoms with E-state index >= 15 is 0 Å². The Morgan fingerprint density at radius 2 is 1.88 bits per heavy atom. The van der Waals surface area contributed by atoms with Crippen molar-refractivity contribution in [3.8, 4) is 17.6 Å². The Morgan fingerprint density at radius 3 is 2.58 bits per heavy atom. The number of hydrogen-bond acceptors (Lipinski definition) is 5. The number of carbonyl (C=O) groups excluding carboxylic acids is 1. The molecule has 1 atom stereocenters. The molecule has 1 N–H and O–H groups in total. The van der Waals surface area contributed by atoms with E-state index in [0.29, 0.717) is 36.1 Å². The third-order valence-electron chi connectivity index (χ3n) is 3.90. The Labute approximate surface area is 151 Å². The van der Waals surface area contributed by atoms with Crippen LogP contribution in [0.25, 0.3) is 11.0 Å². The van der Waals surface area contributed by atoms with Crippen LogP contribution < -0.4 is 9.47 Å². The number of imidazole rings is 1. The van der Waals surface area contributed by atoms with Crippen molar-refractivity contribution in [1.82, 2.24) is 9.97 Å². The molecule has 0 saturated carbocycles. The van der Waals surface area contributed by atoms with Crippen molar-refractivity contribution in [3.63, 3.8) is 0 Å². The third kappa shape index (κ3) is 3.38. The van der Waals surface area contributed by atoms with Crippen LogP contribution in [0.5, 0.6) is 11.5 Å². The predicted molar refractivity (Wildman–Crippen MR) is 97.6 cm³/mol. The first-order valence-electron chi connectivity index (χ1n) is 8.46. The molecular weight excluding hydrogens is 330 g/mol. The summed E-state index contributed by atoms with van der Waals surface area (Å²) in [6.45, 7) is 4.68. The monoisotopic (exact) mass is 349 g/mol. The molecular formula is C20H19N3O3. The van der Waals surface area contributed by atoms with Gasteiger partial charge in [0.05, 0.1) is 30.3 Å². The second kappa shape index (κ2) is 7.70. The summed E-state index contributed by atoms with van der Waals surface area (Å²) in [5.41, 5.74) is 1.89. The molecule has 0 aliphatic heterocycles. The second-order valence-electron chi connectivity index (χ2n) is 5.59. The molecule has 3 rings (SSSR count). The van der Waals surface area contributed by atoms with Crippen LogP contribution in [0.15, 0.2) is 42.5 Å². The van der Waals surface area contributed by atoms with Crippen molar-refractivity contribution >= 4 is 16.8 Å². The topological polar surface area (TPSA) is 88.0 Å². The van der Waals surface area contributed by atoms with Crippen LogP contribution >= 0.6 is 0 Å². The molecule has 26 heavy (non-hydrogen) atoms. The second-order valence-corrected chi connectivity index (χ2v) is 5.59. The van der Waals surface area contributed by atoms with Crippen LogP contribution in [-0.4, -0.2) is 29.0 Å². The average Bonchev–Trinajstić information content (AvgIpc) is 3.07. The van der Waals surface area contributed by atoms with Crippen LogP contribution in [0, 0.1) is 11.3 Å². The highest BCUT2D eigenvalue weighted by Crippen LogP contribution is 2.30. The van der Waals surface area contributed by atoms with E-state index in [2.05, 4.69) is 16.0 Å². The lowest BCUT2D eigenvalue weighted by atomic mass is 9.98. The number of rotatable bonds is 7. The summed E-state index contributed by atoms with van der Waals surface area (Å²) in [5, 5.41) is 9.56. The SMILES string of the molecule is CCOc1ccc(C(=O)C(C#N)c2nc3ccccc3[nH]2)cc1OCC. The zero-order valence-electron chi connectivity index (χ0n) is 14.7. The number of H-pyrrole nitrogens is 1. The third-order valence-corrected chi connectivity index (χ3v) is 3.90. The minimum atomic E-state index is -1.02. The molecule has 1 unspecified atom stereocenters. The first-order valence-corrected chi connectivity index (χ1v) is 8.46. The average molecular weight is 349 g/mol. The van der Waals surface area contributed by atoms with E-state index in [1.165, 1.54) is 0 Å². The number of nitrogens with one attached hydrogen (secondary N) is 1. The van der Waals surface area contributed by atoms with E-state index in [1.54, 1.807) is 18.2 Å². The van der Waals surface area contributed by atoms with E-state index in [9.17, 15) is 10.1 Å². The molecule has 3 aromatic rings. The Balaban J connectivity index is 1.95. The standard InChI is InChI=1S/C20H19N3O3/c1-3-25-17-10-9-13(11-18(17)26-4-2)19(24)14(12-21)20-22-15-7-5-6-8-16(15)23-20/h5-11,14H,3-4H2,1-2H3,(H,22,23). The summed E-state index contributed by atoms with van der Waals surface area (Å²) in [4.78, 5) is 20.3. The molecule has 0 aliphatic rings. The molecule has 0 spiro atoms. The minimum Gasteiger partial charge on any atom is -0.490 e. The molecule has 0 saturated heterocycles. The van der Waals surface area contributed by atoms with Crippen molar-refractivity contribution in [3.05, 3.63) is 53.9 Å². The summed E-state index contributed by atoms with van der Waals surface area (Å²) in [6.07, 6.45) is 0. The Morgan fingerprint density at radius 1 is 1.15 bits per heavy atom. The van der Waals surface area contributed by atoms with Gasteiger partial charge in [0.2, 0.25) is 0 Å². The smallest absolute Gasteiger partial charge is 0.187 e. The summed E-state index contributed by atoms with van der Waals surface area (Å²) in [7, 11) is 0. The number of carbonyl (C=O) groups is 1. The van der Waals surface area contributed by atoms with Crippen LogP contribution in [0.2, 0.25) is 0 Å². The van der Waals surface area contributed by atoms with Gasteiger partial charge in [-0.15, -0.1) is 0 Å². The molecule has 0 bridgehead atoms. The molecule has 1 aromatic heterocycles. The van der Waals surface area contributed by atoms with Gasteiger partial charge in [-0.1, -0.05) is 12.1 Å². The first-order chi connectivity index (χ1) is 12.7. The summed E-state index contributed by atoms with van der Waals surface area (Å²) in [6, 6.07) is 14.4. The van der Waals surface area contributed by atoms with Gasteiger partial charge >= 0.3 is 0 Å². The number of fused-ring (bicyclic) bond motifs is 1. The van der Waals surface area contributed by atoms with Gasteiger partial charge < -0.3 is 14.5 Å². The molecule has 0 radical (unpaired) electrons. The lowest BCUT2D eigenvalue weighted by molar-refractivity contribution is 0.0976. The van der Waals surface area contributed by atoms with Crippen LogP contribution in [0.4, 0.5) is 0 Å². The maximum Gasteiger partial charge on any atom is 0.187 e. The summed E-state index contributed by atoms with van der Waals surface area (Å²) >= 11 is 0. The number of nitriles is 1. The molecule has 0 amide bonds. The highest BCUT2D eigenvalue weighted by Gasteiger charge is 2.26. The van der Waals surface area contributed by atoms with Gasteiger partial charge in [-0.2, -0.15) is 5.26 Å². The van der Waals surface area contributed by atoms with Gasteiger partial charge in [0.1, 0.15) is 5.82 Å². The molecule has 6 nitrogen and oxygen atoms in total. The van der Waals surface area contributed by atoms with E-state index < -0.39 is 5.92 Å². The van der Waals surface area contributed by atoms with Crippen molar-refractivity contribution in [1.29, 1.82) is 5.26 Å². The van der Waals surface area contributed by atoms with Crippen molar-refractivity contribution in [2.45, 2.75) is 19.8 Å². The van der Waals surface area contributed by atoms with Crippen molar-refractivity contribution < 1.29 is 14.3 Å². The van der Waals surface area contributed by atoms with Gasteiger partial charge in [-0.3, -0.25) is 4.79 Å². The molecule has 0 aliphatic carbocycles. The van der Waals surface area contributed by atoms with E-state index in [0.717, 1.165) is 11.0 Å². The molecule has 2 aromatic carbocycles. The van der Waals surface area contributed by atoms with Gasteiger partial charge in [-0.05, 0) is 44.2 Å². The molecule has 132 valence electrons. The number of hydrogen-bond donors (Lipinski definition) is 1. The van der Waals surface area contributed by atoms with Crippen molar-refractivity contribution in [2.75, 3.05) is 13.2 Å². The highest BCUT2D eigenvalue weighted by molar-refractivity contribution is 6.03. The number of Topliss-reactive ketones (excluding diaryl/α,β-unsaturated/α-hetero) is 1. The number of nitrogens with zero attached hydrogens (tertiary/aromatic N) is 2. The van der Waals surface area contributed by atoms with Gasteiger partial charge in [0.15, 0.2) is 23.2 Å². The number of aromatic amines is 1. The Hall–Kier alpha value is -3.33. The van der Waals surface area contributed by atoms with Crippen molar-refractivity contribution in [2.24, 2.45) is 0 Å². The number of para-hydroxylation sites is 2. The van der Waals surface area contributed by atoms with Gasteiger partial charge in [0.25, 0.3) is 0 Å². The van der Waals surface area contributed by atoms with Crippen LogP contribution in [0.3, 0.4) is 0 Å². The fourth-order valence-corrected chi connectivity index (χ4v) is 2.72.